The molecule has 2 aromatic rings. The van der Waals surface area contributed by atoms with Gasteiger partial charge in [-0.2, -0.15) is 4.98 Å². The molecule has 0 fully saturated rings. The summed E-state index contributed by atoms with van der Waals surface area (Å²) in [5.74, 6) is 1.34. The van der Waals surface area contributed by atoms with E-state index in [9.17, 15) is 0 Å². The Kier molecular flexibility index (Phi) is 2.58. The molecule has 3 heterocycles. The van der Waals surface area contributed by atoms with Crippen molar-refractivity contribution >= 4 is 11.0 Å². The molecule has 3 rings (SSSR count). The number of H-pyrrole nitrogens is 1. The third-order valence-electron chi connectivity index (χ3n) is 3.82. The summed E-state index contributed by atoms with van der Waals surface area (Å²) >= 11 is 0. The van der Waals surface area contributed by atoms with E-state index in [2.05, 4.69) is 42.9 Å². The van der Waals surface area contributed by atoms with Gasteiger partial charge in [-0.3, -0.25) is 0 Å². The highest BCUT2D eigenvalue weighted by Gasteiger charge is 2.31. The van der Waals surface area contributed by atoms with Crippen LogP contribution in [0.1, 0.15) is 45.1 Å². The van der Waals surface area contributed by atoms with Gasteiger partial charge in [0.25, 0.3) is 0 Å². The Bertz CT molecular complexity index is 565. The van der Waals surface area contributed by atoms with Crippen molar-refractivity contribution in [3.8, 4) is 5.88 Å². The quantitative estimate of drug-likeness (QED) is 0.764. The highest BCUT2D eigenvalue weighted by Crippen LogP contribution is 2.44. The third kappa shape index (κ3) is 1.88. The number of hydrogen-bond donors (Lipinski definition) is 1. The van der Waals surface area contributed by atoms with Gasteiger partial charge in [0.1, 0.15) is 5.65 Å². The first kappa shape index (κ1) is 11.6. The highest BCUT2D eigenvalue weighted by molar-refractivity contribution is 5.77. The van der Waals surface area contributed by atoms with Gasteiger partial charge in [0.15, 0.2) is 0 Å². The molecule has 1 aliphatic heterocycles. The number of rotatable bonds is 0. The molecule has 0 bridgehead atoms. The van der Waals surface area contributed by atoms with Gasteiger partial charge in [-0.15, -0.1) is 0 Å². The van der Waals surface area contributed by atoms with E-state index in [-0.39, 0.29) is 5.41 Å². The number of aromatic nitrogens is 2. The van der Waals surface area contributed by atoms with Crippen molar-refractivity contribution in [3.63, 3.8) is 0 Å². The molecule has 96 valence electrons. The maximum absolute atomic E-state index is 5.82. The second kappa shape index (κ2) is 4.01. The summed E-state index contributed by atoms with van der Waals surface area (Å²) < 4.78 is 5.82. The van der Waals surface area contributed by atoms with E-state index in [4.69, 9.17) is 4.74 Å². The Labute approximate surface area is 108 Å². The van der Waals surface area contributed by atoms with E-state index < -0.39 is 0 Å². The van der Waals surface area contributed by atoms with Crippen LogP contribution in [0.5, 0.6) is 5.88 Å². The normalized spacial score (nSPS) is 20.3. The van der Waals surface area contributed by atoms with Crippen molar-refractivity contribution in [2.24, 2.45) is 5.41 Å². The summed E-state index contributed by atoms with van der Waals surface area (Å²) in [4.78, 5) is 7.77. The lowest BCUT2D eigenvalue weighted by Crippen LogP contribution is -2.18. The number of pyridine rings is 1. The van der Waals surface area contributed by atoms with Gasteiger partial charge in [-0.25, -0.2) is 0 Å². The molecule has 0 saturated heterocycles. The molecule has 0 amide bonds. The Balaban J connectivity index is 2.18. The first-order valence-electron chi connectivity index (χ1n) is 6.66. The van der Waals surface area contributed by atoms with E-state index in [0.717, 1.165) is 24.6 Å². The summed E-state index contributed by atoms with van der Waals surface area (Å²) in [5, 5.41) is 1.17. The smallest absolute Gasteiger partial charge is 0.218 e. The lowest BCUT2D eigenvalue weighted by Gasteiger charge is -2.30. The molecule has 1 unspecified atom stereocenters. The molecular formula is C15H20N2O. The molecule has 0 radical (unpaired) electrons. The Hall–Kier alpha value is -1.51. The minimum atomic E-state index is 0.244. The molecule has 1 aliphatic rings. The van der Waals surface area contributed by atoms with Crippen LogP contribution >= 0.6 is 0 Å². The standard InChI is InChI=1S/C15H20N2O/c1-15(2,3)12-5-4-8-18-14-11(12)9-10-6-7-16-13(10)17-14/h6-7,9,12H,4-5,8H2,1-3H3,(H,16,17). The number of fused-ring (bicyclic) bond motifs is 2. The van der Waals surface area contributed by atoms with Crippen molar-refractivity contribution in [2.75, 3.05) is 6.61 Å². The van der Waals surface area contributed by atoms with Crippen molar-refractivity contribution in [1.29, 1.82) is 0 Å². The first-order chi connectivity index (χ1) is 8.55. The number of ether oxygens (including phenoxy) is 1. The molecule has 1 atom stereocenters. The number of nitrogens with one attached hydrogen (secondary N) is 1. The van der Waals surface area contributed by atoms with Crippen LogP contribution in [0.4, 0.5) is 0 Å². The summed E-state index contributed by atoms with van der Waals surface area (Å²) in [6.45, 7) is 7.68. The maximum Gasteiger partial charge on any atom is 0.218 e. The summed E-state index contributed by atoms with van der Waals surface area (Å²) in [7, 11) is 0. The zero-order valence-corrected chi connectivity index (χ0v) is 11.3. The summed E-state index contributed by atoms with van der Waals surface area (Å²) in [5.41, 5.74) is 2.43. The van der Waals surface area contributed by atoms with Crippen molar-refractivity contribution in [3.05, 3.63) is 23.9 Å². The third-order valence-corrected chi connectivity index (χ3v) is 3.82. The lowest BCUT2D eigenvalue weighted by atomic mass is 9.74. The average Bonchev–Trinajstić information content (AvgIpc) is 2.62. The molecule has 0 saturated carbocycles. The zero-order chi connectivity index (χ0) is 12.8. The van der Waals surface area contributed by atoms with Crippen molar-refractivity contribution in [2.45, 2.75) is 39.5 Å². The van der Waals surface area contributed by atoms with Gasteiger partial charge < -0.3 is 9.72 Å². The van der Waals surface area contributed by atoms with Crippen molar-refractivity contribution < 1.29 is 4.74 Å². The predicted molar refractivity (Wildman–Crippen MR) is 73.0 cm³/mol. The fraction of sp³-hybridized carbons (Fsp3) is 0.533. The highest BCUT2D eigenvalue weighted by atomic mass is 16.5. The van der Waals surface area contributed by atoms with Gasteiger partial charge in [0.05, 0.1) is 6.61 Å². The molecule has 2 aromatic heterocycles. The second-order valence-corrected chi connectivity index (χ2v) is 6.21. The van der Waals surface area contributed by atoms with Gasteiger partial charge in [0.2, 0.25) is 5.88 Å². The Morgan fingerprint density at radius 3 is 3.00 bits per heavy atom. The second-order valence-electron chi connectivity index (χ2n) is 6.21. The van der Waals surface area contributed by atoms with E-state index in [1.165, 1.54) is 17.4 Å². The van der Waals surface area contributed by atoms with Gasteiger partial charge in [-0.05, 0) is 36.3 Å². The van der Waals surface area contributed by atoms with Crippen LogP contribution in [0.3, 0.4) is 0 Å². The van der Waals surface area contributed by atoms with Crippen LogP contribution in [0.25, 0.3) is 11.0 Å². The van der Waals surface area contributed by atoms with Crippen molar-refractivity contribution in [1.82, 2.24) is 9.97 Å². The molecule has 0 aromatic carbocycles. The fourth-order valence-corrected chi connectivity index (χ4v) is 2.86. The Morgan fingerprint density at radius 1 is 1.39 bits per heavy atom. The first-order valence-corrected chi connectivity index (χ1v) is 6.66. The minimum Gasteiger partial charge on any atom is -0.477 e. The molecule has 0 spiro atoms. The van der Waals surface area contributed by atoms with E-state index in [1.807, 2.05) is 6.20 Å². The van der Waals surface area contributed by atoms with Crippen LogP contribution in [-0.2, 0) is 0 Å². The molecule has 1 N–H and O–H groups in total. The number of hydrogen-bond acceptors (Lipinski definition) is 2. The van der Waals surface area contributed by atoms with E-state index >= 15 is 0 Å². The average molecular weight is 244 g/mol. The van der Waals surface area contributed by atoms with E-state index in [1.54, 1.807) is 0 Å². The molecule has 3 heteroatoms. The molecule has 18 heavy (non-hydrogen) atoms. The molecule has 0 aliphatic carbocycles. The largest absolute Gasteiger partial charge is 0.477 e. The zero-order valence-electron chi connectivity index (χ0n) is 11.3. The van der Waals surface area contributed by atoms with Crippen LogP contribution in [-0.4, -0.2) is 16.6 Å². The van der Waals surface area contributed by atoms with Crippen LogP contribution in [0, 0.1) is 5.41 Å². The number of aromatic amines is 1. The van der Waals surface area contributed by atoms with Gasteiger partial charge >= 0.3 is 0 Å². The van der Waals surface area contributed by atoms with Gasteiger partial charge in [-0.1, -0.05) is 20.8 Å². The number of nitrogens with zero attached hydrogens (tertiary/aromatic N) is 1. The van der Waals surface area contributed by atoms with Gasteiger partial charge in [0, 0.05) is 17.1 Å². The molecular weight excluding hydrogens is 224 g/mol. The van der Waals surface area contributed by atoms with Crippen LogP contribution in [0.2, 0.25) is 0 Å². The molecule has 3 nitrogen and oxygen atoms in total. The monoisotopic (exact) mass is 244 g/mol. The summed E-state index contributed by atoms with van der Waals surface area (Å²) in [6.07, 6.45) is 4.21. The fourth-order valence-electron chi connectivity index (χ4n) is 2.86. The van der Waals surface area contributed by atoms with E-state index in [0.29, 0.717) is 5.92 Å². The predicted octanol–water partition coefficient (Wildman–Crippen LogP) is 3.87. The minimum absolute atomic E-state index is 0.244. The SMILES string of the molecule is CC(C)(C)C1CCCOc2nc3[nH]ccc3cc21. The summed E-state index contributed by atoms with van der Waals surface area (Å²) in [6, 6.07) is 4.32. The lowest BCUT2D eigenvalue weighted by molar-refractivity contribution is 0.290. The Morgan fingerprint density at radius 2 is 2.22 bits per heavy atom. The topological polar surface area (TPSA) is 37.9 Å². The maximum atomic E-state index is 5.82. The van der Waals surface area contributed by atoms with Crippen LogP contribution in [0.15, 0.2) is 18.3 Å². The van der Waals surface area contributed by atoms with Crippen LogP contribution < -0.4 is 4.74 Å².